The fourth-order valence-corrected chi connectivity index (χ4v) is 3.63. The van der Waals surface area contributed by atoms with Crippen molar-refractivity contribution in [2.75, 3.05) is 7.05 Å². The van der Waals surface area contributed by atoms with Crippen LogP contribution in [0.4, 0.5) is 0 Å². The molecule has 1 unspecified atom stereocenters. The number of carboxylic acids is 1. The van der Waals surface area contributed by atoms with Crippen LogP contribution < -0.4 is 5.32 Å². The number of carboxylic acid groups (broad SMARTS) is 1. The van der Waals surface area contributed by atoms with E-state index in [0.717, 1.165) is 12.8 Å². The third-order valence-corrected chi connectivity index (χ3v) is 6.21. The number of nitrogens with one attached hydrogen (secondary N) is 1. The molecule has 8 heteroatoms. The smallest absolute Gasteiger partial charge is 0.326 e. The van der Waals surface area contributed by atoms with E-state index in [1.165, 1.54) is 35.6 Å². The summed E-state index contributed by atoms with van der Waals surface area (Å²) in [5.74, 6) is -1.59. The Kier molecular flexibility index (Phi) is 5.29. The number of hydrogen-bond donors (Lipinski definition) is 2. The van der Waals surface area contributed by atoms with E-state index in [2.05, 4.69) is 5.32 Å². The van der Waals surface area contributed by atoms with Gasteiger partial charge in [-0.15, -0.1) is 0 Å². The van der Waals surface area contributed by atoms with Gasteiger partial charge in [0.25, 0.3) is 5.91 Å². The molecule has 1 aliphatic rings. The van der Waals surface area contributed by atoms with Crippen molar-refractivity contribution in [3.63, 3.8) is 0 Å². The first-order valence-electron chi connectivity index (χ1n) is 7.76. The number of rotatable bonds is 7. The standard InChI is InChI=1S/C16H22N2O5S/c1-10(2)18(3)24(22,23)13-8-6-12(7-9-13)15(19)17-14(16(20)21)11-4-5-11/h6-11,14H,4-5H2,1-3H3,(H,17,19)(H,20,21). The van der Waals surface area contributed by atoms with Gasteiger partial charge < -0.3 is 10.4 Å². The molecular formula is C16H22N2O5S. The summed E-state index contributed by atoms with van der Waals surface area (Å²) in [5, 5.41) is 11.6. The molecule has 0 bridgehead atoms. The molecule has 1 aromatic carbocycles. The van der Waals surface area contributed by atoms with Gasteiger partial charge in [0.2, 0.25) is 10.0 Å². The largest absolute Gasteiger partial charge is 0.480 e. The van der Waals surface area contributed by atoms with Crippen LogP contribution in [-0.4, -0.2) is 48.8 Å². The first-order chi connectivity index (χ1) is 11.1. The van der Waals surface area contributed by atoms with Crippen molar-refractivity contribution in [3.05, 3.63) is 29.8 Å². The lowest BCUT2D eigenvalue weighted by atomic mass is 10.1. The maximum absolute atomic E-state index is 12.4. The number of benzene rings is 1. The average Bonchev–Trinajstić information content (AvgIpc) is 3.35. The highest BCUT2D eigenvalue weighted by Crippen LogP contribution is 2.32. The molecule has 0 aromatic heterocycles. The van der Waals surface area contributed by atoms with Gasteiger partial charge >= 0.3 is 5.97 Å². The molecule has 1 atom stereocenters. The Hall–Kier alpha value is -1.93. The van der Waals surface area contributed by atoms with Crippen molar-refractivity contribution >= 4 is 21.9 Å². The number of aliphatic carboxylic acids is 1. The van der Waals surface area contributed by atoms with Crippen LogP contribution in [0.1, 0.15) is 37.0 Å². The van der Waals surface area contributed by atoms with Gasteiger partial charge in [0, 0.05) is 18.7 Å². The zero-order valence-electron chi connectivity index (χ0n) is 13.9. The Balaban J connectivity index is 2.14. The third-order valence-electron chi connectivity index (χ3n) is 4.17. The maximum Gasteiger partial charge on any atom is 0.326 e. The summed E-state index contributed by atoms with van der Waals surface area (Å²) >= 11 is 0. The minimum absolute atomic E-state index is 0.0224. The summed E-state index contributed by atoms with van der Waals surface area (Å²) in [5.41, 5.74) is 0.230. The van der Waals surface area contributed by atoms with Crippen molar-refractivity contribution in [1.82, 2.24) is 9.62 Å². The fraction of sp³-hybridized carbons (Fsp3) is 0.500. The Bertz CT molecular complexity index is 723. The summed E-state index contributed by atoms with van der Waals surface area (Å²) in [6.45, 7) is 3.53. The van der Waals surface area contributed by atoms with Crippen molar-refractivity contribution in [3.8, 4) is 0 Å². The minimum Gasteiger partial charge on any atom is -0.480 e. The molecule has 1 aliphatic carbocycles. The maximum atomic E-state index is 12.4. The Labute approximate surface area is 141 Å². The summed E-state index contributed by atoms with van der Waals surface area (Å²) in [6.07, 6.45) is 1.58. The van der Waals surface area contributed by atoms with Crippen LogP contribution in [0.5, 0.6) is 0 Å². The lowest BCUT2D eigenvalue weighted by Crippen LogP contribution is -2.42. The number of nitrogens with zero attached hydrogens (tertiary/aromatic N) is 1. The second kappa shape index (κ2) is 6.90. The zero-order chi connectivity index (χ0) is 18.1. The van der Waals surface area contributed by atoms with Gasteiger partial charge in [-0.3, -0.25) is 4.79 Å². The van der Waals surface area contributed by atoms with Crippen molar-refractivity contribution < 1.29 is 23.1 Å². The first-order valence-corrected chi connectivity index (χ1v) is 9.20. The molecule has 24 heavy (non-hydrogen) atoms. The van der Waals surface area contributed by atoms with E-state index >= 15 is 0 Å². The van der Waals surface area contributed by atoms with Gasteiger partial charge in [-0.05, 0) is 56.9 Å². The Morgan fingerprint density at radius 2 is 1.75 bits per heavy atom. The van der Waals surface area contributed by atoms with Crippen molar-refractivity contribution in [2.45, 2.75) is 43.7 Å². The quantitative estimate of drug-likeness (QED) is 0.768. The van der Waals surface area contributed by atoms with Gasteiger partial charge in [0.05, 0.1) is 4.90 Å². The van der Waals surface area contributed by atoms with Crippen LogP contribution in [0.15, 0.2) is 29.2 Å². The van der Waals surface area contributed by atoms with Crippen LogP contribution in [0.2, 0.25) is 0 Å². The lowest BCUT2D eigenvalue weighted by Gasteiger charge is -2.21. The monoisotopic (exact) mass is 354 g/mol. The van der Waals surface area contributed by atoms with Crippen LogP contribution in [0, 0.1) is 5.92 Å². The topological polar surface area (TPSA) is 104 Å². The average molecular weight is 354 g/mol. The van der Waals surface area contributed by atoms with E-state index in [1.807, 2.05) is 0 Å². The molecule has 1 saturated carbocycles. The van der Waals surface area contributed by atoms with Crippen molar-refractivity contribution in [2.24, 2.45) is 5.92 Å². The highest BCUT2D eigenvalue weighted by atomic mass is 32.2. The number of sulfonamides is 1. The number of carbonyl (C=O) groups excluding carboxylic acids is 1. The van der Waals surface area contributed by atoms with Crippen LogP contribution >= 0.6 is 0 Å². The van der Waals surface area contributed by atoms with E-state index in [1.54, 1.807) is 13.8 Å². The molecule has 0 saturated heterocycles. The van der Waals surface area contributed by atoms with Crippen molar-refractivity contribution in [1.29, 1.82) is 0 Å². The molecular weight excluding hydrogens is 332 g/mol. The molecule has 2 N–H and O–H groups in total. The molecule has 132 valence electrons. The van der Waals surface area contributed by atoms with Crippen LogP contribution in [0.25, 0.3) is 0 Å². The minimum atomic E-state index is -3.61. The molecule has 0 radical (unpaired) electrons. The van der Waals surface area contributed by atoms with Gasteiger partial charge in [-0.25, -0.2) is 13.2 Å². The van der Waals surface area contributed by atoms with E-state index in [-0.39, 0.29) is 22.4 Å². The van der Waals surface area contributed by atoms with E-state index in [9.17, 15) is 18.0 Å². The van der Waals surface area contributed by atoms with Gasteiger partial charge in [-0.1, -0.05) is 0 Å². The zero-order valence-corrected chi connectivity index (χ0v) is 14.7. The summed E-state index contributed by atoms with van der Waals surface area (Å²) in [4.78, 5) is 23.4. The second-order valence-corrected chi connectivity index (χ2v) is 8.26. The number of carbonyl (C=O) groups is 2. The molecule has 1 fully saturated rings. The van der Waals surface area contributed by atoms with Gasteiger partial charge in [0.15, 0.2) is 0 Å². The van der Waals surface area contributed by atoms with Crippen LogP contribution in [-0.2, 0) is 14.8 Å². The molecule has 7 nitrogen and oxygen atoms in total. The SMILES string of the molecule is CC(C)N(C)S(=O)(=O)c1ccc(C(=O)NC(C(=O)O)C2CC2)cc1. The highest BCUT2D eigenvalue weighted by molar-refractivity contribution is 7.89. The van der Waals surface area contributed by atoms with E-state index in [4.69, 9.17) is 5.11 Å². The predicted octanol–water partition coefficient (Wildman–Crippen LogP) is 1.31. The Morgan fingerprint density at radius 1 is 1.21 bits per heavy atom. The van der Waals surface area contributed by atoms with Crippen LogP contribution in [0.3, 0.4) is 0 Å². The summed E-state index contributed by atoms with van der Waals surface area (Å²) in [7, 11) is -2.12. The molecule has 1 amide bonds. The van der Waals surface area contributed by atoms with Gasteiger partial charge in [0.1, 0.15) is 6.04 Å². The van der Waals surface area contributed by atoms with E-state index in [0.29, 0.717) is 0 Å². The fourth-order valence-electron chi connectivity index (χ4n) is 2.26. The summed E-state index contributed by atoms with van der Waals surface area (Å²) < 4.78 is 26.0. The molecule has 1 aromatic rings. The predicted molar refractivity (Wildman–Crippen MR) is 88.1 cm³/mol. The summed E-state index contributed by atoms with van der Waals surface area (Å²) in [6, 6.07) is 4.41. The molecule has 0 spiro atoms. The normalized spacial score (nSPS) is 16.2. The second-order valence-electron chi connectivity index (χ2n) is 6.27. The third kappa shape index (κ3) is 3.93. The number of amides is 1. The molecule has 0 heterocycles. The molecule has 0 aliphatic heterocycles. The van der Waals surface area contributed by atoms with Gasteiger partial charge in [-0.2, -0.15) is 4.31 Å². The first kappa shape index (κ1) is 18.4. The highest BCUT2D eigenvalue weighted by Gasteiger charge is 2.37. The number of hydrogen-bond acceptors (Lipinski definition) is 4. The Morgan fingerprint density at radius 3 is 2.17 bits per heavy atom. The lowest BCUT2D eigenvalue weighted by molar-refractivity contribution is -0.139. The van der Waals surface area contributed by atoms with E-state index < -0.39 is 27.9 Å². The molecule has 2 rings (SSSR count).